The van der Waals surface area contributed by atoms with Gasteiger partial charge in [0, 0.05) is 17.5 Å². The van der Waals surface area contributed by atoms with E-state index in [0.717, 1.165) is 30.8 Å². The predicted octanol–water partition coefficient (Wildman–Crippen LogP) is 3.26. The lowest BCUT2D eigenvalue weighted by atomic mass is 9.91. The van der Waals surface area contributed by atoms with Crippen molar-refractivity contribution in [2.24, 2.45) is 0 Å². The van der Waals surface area contributed by atoms with Gasteiger partial charge in [-0.15, -0.1) is 0 Å². The summed E-state index contributed by atoms with van der Waals surface area (Å²) < 4.78 is 4.94. The zero-order valence-corrected chi connectivity index (χ0v) is 12.0. The summed E-state index contributed by atoms with van der Waals surface area (Å²) in [5, 5.41) is 4.30. The summed E-state index contributed by atoms with van der Waals surface area (Å²) in [7, 11) is 0. The molecule has 104 valence electrons. The fraction of sp³-hybridized carbons (Fsp3) is 0.533. The largest absolute Gasteiger partial charge is 0.466 e. The first-order chi connectivity index (χ1) is 9.20. The number of esters is 1. The van der Waals surface area contributed by atoms with Gasteiger partial charge in [0.15, 0.2) is 0 Å². The van der Waals surface area contributed by atoms with E-state index in [1.54, 1.807) is 0 Å². The van der Waals surface area contributed by atoms with Crippen molar-refractivity contribution in [2.45, 2.75) is 38.6 Å². The van der Waals surface area contributed by atoms with Crippen LogP contribution in [0.5, 0.6) is 0 Å². The Labute approximate surface area is 119 Å². The molecule has 1 N–H and O–H groups in total. The summed E-state index contributed by atoms with van der Waals surface area (Å²) >= 11 is 6.02. The third-order valence-electron chi connectivity index (χ3n) is 3.44. The second-order valence-corrected chi connectivity index (χ2v) is 5.23. The second-order valence-electron chi connectivity index (χ2n) is 4.80. The Kier molecular flexibility index (Phi) is 5.23. The van der Waals surface area contributed by atoms with Gasteiger partial charge >= 0.3 is 5.97 Å². The number of halogens is 1. The molecule has 0 radical (unpaired) electrons. The minimum atomic E-state index is -0.102. The van der Waals surface area contributed by atoms with Crippen LogP contribution in [0.1, 0.15) is 43.4 Å². The van der Waals surface area contributed by atoms with Crippen molar-refractivity contribution in [3.05, 3.63) is 34.3 Å². The highest BCUT2D eigenvalue weighted by atomic mass is 35.5. The van der Waals surface area contributed by atoms with Crippen LogP contribution >= 0.6 is 11.6 Å². The number of ether oxygens (including phenoxy) is 1. The van der Waals surface area contributed by atoms with Crippen LogP contribution in [-0.4, -0.2) is 19.1 Å². The Morgan fingerprint density at radius 1 is 1.53 bits per heavy atom. The van der Waals surface area contributed by atoms with Crippen LogP contribution in [0.15, 0.2) is 18.2 Å². The highest BCUT2D eigenvalue weighted by Crippen LogP contribution is 2.28. The van der Waals surface area contributed by atoms with E-state index >= 15 is 0 Å². The van der Waals surface area contributed by atoms with Crippen LogP contribution in [0.25, 0.3) is 0 Å². The first kappa shape index (κ1) is 14.4. The average molecular weight is 282 g/mol. The molecule has 0 spiro atoms. The molecule has 2 rings (SSSR count). The van der Waals surface area contributed by atoms with Crippen LogP contribution in [0.2, 0.25) is 5.02 Å². The molecule has 4 heteroatoms. The maximum Gasteiger partial charge on any atom is 0.305 e. The lowest BCUT2D eigenvalue weighted by Crippen LogP contribution is -2.29. The van der Waals surface area contributed by atoms with Gasteiger partial charge in [0.2, 0.25) is 0 Å². The number of benzene rings is 1. The SMILES string of the molecule is CCOC(=O)CCCC1NCCc2cc(Cl)ccc21. The molecule has 0 fully saturated rings. The van der Waals surface area contributed by atoms with Crippen molar-refractivity contribution in [1.29, 1.82) is 0 Å². The van der Waals surface area contributed by atoms with Crippen molar-refractivity contribution < 1.29 is 9.53 Å². The Morgan fingerprint density at radius 2 is 2.37 bits per heavy atom. The molecule has 0 aliphatic carbocycles. The van der Waals surface area contributed by atoms with E-state index in [4.69, 9.17) is 16.3 Å². The third kappa shape index (κ3) is 3.95. The molecule has 19 heavy (non-hydrogen) atoms. The van der Waals surface area contributed by atoms with Crippen molar-refractivity contribution in [2.75, 3.05) is 13.2 Å². The zero-order chi connectivity index (χ0) is 13.7. The molecular weight excluding hydrogens is 262 g/mol. The molecule has 1 aromatic rings. The van der Waals surface area contributed by atoms with Gasteiger partial charge in [-0.3, -0.25) is 4.79 Å². The molecule has 3 nitrogen and oxygen atoms in total. The molecule has 1 aliphatic heterocycles. The number of rotatable bonds is 5. The van der Waals surface area contributed by atoms with Gasteiger partial charge in [0.1, 0.15) is 0 Å². The second kappa shape index (κ2) is 6.92. The van der Waals surface area contributed by atoms with Crippen LogP contribution in [-0.2, 0) is 16.0 Å². The lowest BCUT2D eigenvalue weighted by molar-refractivity contribution is -0.143. The predicted molar refractivity (Wildman–Crippen MR) is 76.4 cm³/mol. The van der Waals surface area contributed by atoms with E-state index < -0.39 is 0 Å². The highest BCUT2D eigenvalue weighted by Gasteiger charge is 2.19. The van der Waals surface area contributed by atoms with Gasteiger partial charge in [-0.2, -0.15) is 0 Å². The molecule has 0 bridgehead atoms. The maximum atomic E-state index is 11.3. The Balaban J connectivity index is 1.91. The fourth-order valence-electron chi connectivity index (χ4n) is 2.56. The number of nitrogens with one attached hydrogen (secondary N) is 1. The number of hydrogen-bond acceptors (Lipinski definition) is 3. The van der Waals surface area contributed by atoms with Gasteiger partial charge in [0.25, 0.3) is 0 Å². The normalized spacial score (nSPS) is 17.9. The smallest absolute Gasteiger partial charge is 0.305 e. The van der Waals surface area contributed by atoms with E-state index in [9.17, 15) is 4.79 Å². The van der Waals surface area contributed by atoms with Gasteiger partial charge in [-0.25, -0.2) is 0 Å². The van der Waals surface area contributed by atoms with Crippen molar-refractivity contribution in [3.8, 4) is 0 Å². The third-order valence-corrected chi connectivity index (χ3v) is 3.68. The van der Waals surface area contributed by atoms with E-state index in [-0.39, 0.29) is 5.97 Å². The molecule has 0 saturated carbocycles. The topological polar surface area (TPSA) is 38.3 Å². The lowest BCUT2D eigenvalue weighted by Gasteiger charge is -2.27. The van der Waals surface area contributed by atoms with Crippen LogP contribution in [0.4, 0.5) is 0 Å². The number of carbonyl (C=O) groups excluding carboxylic acids is 1. The van der Waals surface area contributed by atoms with E-state index in [1.807, 2.05) is 13.0 Å². The monoisotopic (exact) mass is 281 g/mol. The summed E-state index contributed by atoms with van der Waals surface area (Å²) in [6, 6.07) is 6.41. The summed E-state index contributed by atoms with van der Waals surface area (Å²) in [5.41, 5.74) is 2.65. The molecule has 0 aromatic heterocycles. The first-order valence-corrected chi connectivity index (χ1v) is 7.26. The van der Waals surface area contributed by atoms with E-state index in [2.05, 4.69) is 17.4 Å². The summed E-state index contributed by atoms with van der Waals surface area (Å²) in [6.07, 6.45) is 3.31. The average Bonchev–Trinajstić information content (AvgIpc) is 2.39. The van der Waals surface area contributed by atoms with Crippen LogP contribution in [0, 0.1) is 0 Å². The van der Waals surface area contributed by atoms with Gasteiger partial charge < -0.3 is 10.1 Å². The molecule has 1 aromatic carbocycles. The zero-order valence-electron chi connectivity index (χ0n) is 11.2. The fourth-order valence-corrected chi connectivity index (χ4v) is 2.76. The number of carbonyl (C=O) groups is 1. The van der Waals surface area contributed by atoms with Gasteiger partial charge in [-0.1, -0.05) is 17.7 Å². The quantitative estimate of drug-likeness (QED) is 0.842. The minimum Gasteiger partial charge on any atom is -0.466 e. The first-order valence-electron chi connectivity index (χ1n) is 6.88. The van der Waals surface area contributed by atoms with Gasteiger partial charge in [0.05, 0.1) is 6.61 Å². The summed E-state index contributed by atoms with van der Waals surface area (Å²) in [5.74, 6) is -0.102. The van der Waals surface area contributed by atoms with Crippen LogP contribution in [0.3, 0.4) is 0 Å². The van der Waals surface area contributed by atoms with Crippen molar-refractivity contribution >= 4 is 17.6 Å². The number of hydrogen-bond donors (Lipinski definition) is 1. The molecule has 1 aliphatic rings. The summed E-state index contributed by atoms with van der Waals surface area (Å²) in [4.78, 5) is 11.3. The molecular formula is C15H20ClNO2. The maximum absolute atomic E-state index is 11.3. The Bertz CT molecular complexity index is 448. The molecule has 0 saturated heterocycles. The highest BCUT2D eigenvalue weighted by molar-refractivity contribution is 6.30. The minimum absolute atomic E-state index is 0.102. The molecule has 0 amide bonds. The van der Waals surface area contributed by atoms with E-state index in [1.165, 1.54) is 11.1 Å². The molecule has 1 heterocycles. The summed E-state index contributed by atoms with van der Waals surface area (Å²) in [6.45, 7) is 3.26. The van der Waals surface area contributed by atoms with Crippen LogP contribution < -0.4 is 5.32 Å². The van der Waals surface area contributed by atoms with Gasteiger partial charge in [-0.05, 0) is 56.0 Å². The van der Waals surface area contributed by atoms with E-state index in [0.29, 0.717) is 19.1 Å². The molecule has 1 atom stereocenters. The Morgan fingerprint density at radius 3 is 3.16 bits per heavy atom. The van der Waals surface area contributed by atoms with Crippen molar-refractivity contribution in [1.82, 2.24) is 5.32 Å². The Hall–Kier alpha value is -1.06. The molecule has 1 unspecified atom stereocenters. The van der Waals surface area contributed by atoms with Crippen molar-refractivity contribution in [3.63, 3.8) is 0 Å². The standard InChI is InChI=1S/C15H20ClNO2/c1-2-19-15(18)5-3-4-14-13-7-6-12(16)10-11(13)8-9-17-14/h6-7,10,14,17H,2-5,8-9H2,1H3. The number of fused-ring (bicyclic) bond motifs is 1.